The van der Waals surface area contributed by atoms with Gasteiger partial charge in [0.1, 0.15) is 0 Å². The Morgan fingerprint density at radius 2 is 1.72 bits per heavy atom. The van der Waals surface area contributed by atoms with E-state index in [2.05, 4.69) is 5.32 Å². The molecule has 148 valence electrons. The van der Waals surface area contributed by atoms with Crippen molar-refractivity contribution in [2.45, 2.75) is 31.8 Å². The molecule has 2 atom stereocenters. The average molecular weight is 392 g/mol. The molecule has 1 saturated carbocycles. The van der Waals surface area contributed by atoms with Gasteiger partial charge in [-0.1, -0.05) is 36.8 Å². The zero-order chi connectivity index (χ0) is 20.5. The molecule has 29 heavy (non-hydrogen) atoms. The van der Waals surface area contributed by atoms with Crippen LogP contribution in [0.25, 0.3) is 0 Å². The fourth-order valence-electron chi connectivity index (χ4n) is 4.02. The van der Waals surface area contributed by atoms with Gasteiger partial charge in [-0.3, -0.25) is 24.1 Å². The number of carboxylic acid groups (broad SMARTS) is 1. The lowest BCUT2D eigenvalue weighted by Crippen LogP contribution is -2.40. The van der Waals surface area contributed by atoms with Crippen LogP contribution in [0.3, 0.4) is 0 Å². The van der Waals surface area contributed by atoms with Crippen molar-refractivity contribution in [1.82, 2.24) is 10.2 Å². The van der Waals surface area contributed by atoms with E-state index in [4.69, 9.17) is 0 Å². The second kappa shape index (κ2) is 7.50. The quantitative estimate of drug-likeness (QED) is 0.761. The molecule has 0 radical (unpaired) electrons. The Morgan fingerprint density at radius 1 is 1.00 bits per heavy atom. The molecule has 0 aromatic heterocycles. The summed E-state index contributed by atoms with van der Waals surface area (Å²) in [6.07, 6.45) is 1.88. The van der Waals surface area contributed by atoms with Crippen LogP contribution in [0.4, 0.5) is 0 Å². The summed E-state index contributed by atoms with van der Waals surface area (Å²) < 4.78 is 0. The Morgan fingerprint density at radius 3 is 2.45 bits per heavy atom. The van der Waals surface area contributed by atoms with E-state index in [0.29, 0.717) is 12.8 Å². The standard InChI is InChI=1S/C22H20N2O5/c25-19(23-18-8-4-7-16(18)22(28)29)14-9-10-15-17(11-14)21(27)24(20(15)26)12-13-5-2-1-3-6-13/h1-3,5-6,9-11,16,18H,4,7-8,12H2,(H,23,25)(H,28,29)/t16-,18+/m1/s1. The van der Waals surface area contributed by atoms with Crippen molar-refractivity contribution < 1.29 is 24.3 Å². The molecule has 2 aliphatic rings. The third kappa shape index (κ3) is 3.51. The van der Waals surface area contributed by atoms with E-state index in [1.54, 1.807) is 0 Å². The number of rotatable bonds is 5. The number of fused-ring (bicyclic) bond motifs is 1. The SMILES string of the molecule is O=C(N[C@H]1CCC[C@H]1C(=O)O)c1ccc2c(c1)C(=O)N(Cc1ccccc1)C2=O. The molecule has 2 aromatic carbocycles. The van der Waals surface area contributed by atoms with Gasteiger partial charge in [-0.05, 0) is 36.6 Å². The summed E-state index contributed by atoms with van der Waals surface area (Å²) in [5.74, 6) is -2.78. The van der Waals surface area contributed by atoms with Crippen LogP contribution in [0.5, 0.6) is 0 Å². The molecule has 0 saturated heterocycles. The highest BCUT2D eigenvalue weighted by Gasteiger charge is 2.37. The molecule has 4 rings (SSSR count). The molecule has 1 heterocycles. The number of aliphatic carboxylic acids is 1. The molecule has 7 heteroatoms. The number of amides is 3. The number of carboxylic acids is 1. The summed E-state index contributed by atoms with van der Waals surface area (Å²) in [4.78, 5) is 50.5. The summed E-state index contributed by atoms with van der Waals surface area (Å²) in [6, 6.07) is 13.2. The van der Waals surface area contributed by atoms with E-state index in [0.717, 1.165) is 12.0 Å². The van der Waals surface area contributed by atoms with Crippen LogP contribution >= 0.6 is 0 Å². The minimum atomic E-state index is -0.918. The normalized spacial score (nSPS) is 20.6. The summed E-state index contributed by atoms with van der Waals surface area (Å²) >= 11 is 0. The average Bonchev–Trinajstić information content (AvgIpc) is 3.27. The molecule has 2 N–H and O–H groups in total. The number of benzene rings is 2. The summed E-state index contributed by atoms with van der Waals surface area (Å²) in [7, 11) is 0. The molecule has 1 aliphatic heterocycles. The molecular weight excluding hydrogens is 372 g/mol. The Hall–Kier alpha value is -3.48. The summed E-state index contributed by atoms with van der Waals surface area (Å²) in [5.41, 5.74) is 1.54. The first-order valence-corrected chi connectivity index (χ1v) is 9.53. The second-order valence-electron chi connectivity index (χ2n) is 7.40. The third-order valence-electron chi connectivity index (χ3n) is 5.57. The van der Waals surface area contributed by atoms with Gasteiger partial charge in [-0.2, -0.15) is 0 Å². The van der Waals surface area contributed by atoms with Crippen LogP contribution in [-0.4, -0.2) is 39.7 Å². The van der Waals surface area contributed by atoms with Crippen molar-refractivity contribution in [1.29, 1.82) is 0 Å². The molecule has 0 unspecified atom stereocenters. The molecular formula is C22H20N2O5. The molecule has 0 spiro atoms. The monoisotopic (exact) mass is 392 g/mol. The predicted molar refractivity (Wildman–Crippen MR) is 103 cm³/mol. The first kappa shape index (κ1) is 18.9. The highest BCUT2D eigenvalue weighted by Crippen LogP contribution is 2.28. The van der Waals surface area contributed by atoms with Gasteiger partial charge in [0.2, 0.25) is 0 Å². The van der Waals surface area contributed by atoms with Gasteiger partial charge >= 0.3 is 5.97 Å². The van der Waals surface area contributed by atoms with E-state index >= 15 is 0 Å². The number of nitrogens with one attached hydrogen (secondary N) is 1. The minimum Gasteiger partial charge on any atom is -0.481 e. The highest BCUT2D eigenvalue weighted by molar-refractivity contribution is 6.22. The van der Waals surface area contributed by atoms with Crippen LogP contribution in [-0.2, 0) is 11.3 Å². The smallest absolute Gasteiger partial charge is 0.308 e. The first-order valence-electron chi connectivity index (χ1n) is 9.53. The lowest BCUT2D eigenvalue weighted by Gasteiger charge is -2.17. The summed E-state index contributed by atoms with van der Waals surface area (Å²) in [6.45, 7) is 0.164. The van der Waals surface area contributed by atoms with Gasteiger partial charge in [0.25, 0.3) is 17.7 Å². The van der Waals surface area contributed by atoms with Crippen molar-refractivity contribution in [2.75, 3.05) is 0 Å². The molecule has 1 aliphatic carbocycles. The van der Waals surface area contributed by atoms with E-state index in [9.17, 15) is 24.3 Å². The van der Waals surface area contributed by atoms with Crippen molar-refractivity contribution in [3.8, 4) is 0 Å². The number of nitrogens with zero attached hydrogens (tertiary/aromatic N) is 1. The van der Waals surface area contributed by atoms with Crippen molar-refractivity contribution in [3.05, 3.63) is 70.8 Å². The van der Waals surface area contributed by atoms with Gasteiger partial charge in [0.15, 0.2) is 0 Å². The maximum atomic E-state index is 12.8. The molecule has 7 nitrogen and oxygen atoms in total. The van der Waals surface area contributed by atoms with Gasteiger partial charge in [-0.25, -0.2) is 0 Å². The Labute approximate surface area is 167 Å². The maximum Gasteiger partial charge on any atom is 0.308 e. The van der Waals surface area contributed by atoms with E-state index in [1.165, 1.54) is 23.1 Å². The van der Waals surface area contributed by atoms with Crippen molar-refractivity contribution in [3.63, 3.8) is 0 Å². The molecule has 2 aromatic rings. The Bertz CT molecular complexity index is 1000. The number of hydrogen-bond acceptors (Lipinski definition) is 4. The number of carbonyl (C=O) groups excluding carboxylic acids is 3. The molecule has 3 amide bonds. The van der Waals surface area contributed by atoms with Crippen molar-refractivity contribution in [2.24, 2.45) is 5.92 Å². The predicted octanol–water partition coefficient (Wildman–Crippen LogP) is 2.47. The Balaban J connectivity index is 1.53. The fourth-order valence-corrected chi connectivity index (χ4v) is 4.02. The zero-order valence-electron chi connectivity index (χ0n) is 15.6. The Kier molecular flexibility index (Phi) is 4.88. The van der Waals surface area contributed by atoms with E-state index in [-0.39, 0.29) is 29.1 Å². The summed E-state index contributed by atoms with van der Waals surface area (Å²) in [5, 5.41) is 12.0. The maximum absolute atomic E-state index is 12.8. The van der Waals surface area contributed by atoms with E-state index in [1.807, 2.05) is 30.3 Å². The van der Waals surface area contributed by atoms with E-state index < -0.39 is 29.7 Å². The minimum absolute atomic E-state index is 0.164. The lowest BCUT2D eigenvalue weighted by atomic mass is 10.0. The lowest BCUT2D eigenvalue weighted by molar-refractivity contribution is -0.142. The van der Waals surface area contributed by atoms with Crippen LogP contribution in [0.15, 0.2) is 48.5 Å². The van der Waals surface area contributed by atoms with Crippen LogP contribution in [0.1, 0.15) is 55.9 Å². The van der Waals surface area contributed by atoms with Gasteiger partial charge in [-0.15, -0.1) is 0 Å². The van der Waals surface area contributed by atoms with Crippen LogP contribution in [0, 0.1) is 5.92 Å². The third-order valence-corrected chi connectivity index (χ3v) is 5.57. The van der Waals surface area contributed by atoms with Crippen molar-refractivity contribution >= 4 is 23.7 Å². The second-order valence-corrected chi connectivity index (χ2v) is 7.40. The molecule has 0 bridgehead atoms. The number of carbonyl (C=O) groups is 4. The topological polar surface area (TPSA) is 104 Å². The van der Waals surface area contributed by atoms with Crippen LogP contribution < -0.4 is 5.32 Å². The van der Waals surface area contributed by atoms with Gasteiger partial charge < -0.3 is 10.4 Å². The van der Waals surface area contributed by atoms with Crippen LogP contribution in [0.2, 0.25) is 0 Å². The first-order chi connectivity index (χ1) is 14.0. The largest absolute Gasteiger partial charge is 0.481 e. The van der Waals surface area contributed by atoms with Gasteiger partial charge in [0.05, 0.1) is 23.6 Å². The number of hydrogen-bond donors (Lipinski definition) is 2. The van der Waals surface area contributed by atoms with Gasteiger partial charge in [0, 0.05) is 11.6 Å². The zero-order valence-corrected chi connectivity index (χ0v) is 15.6. The number of imide groups is 1. The fraction of sp³-hybridized carbons (Fsp3) is 0.273. The molecule has 1 fully saturated rings. The highest BCUT2D eigenvalue weighted by atomic mass is 16.4.